The maximum atomic E-state index is 6.19. The van der Waals surface area contributed by atoms with Crippen LogP contribution in [0.25, 0.3) is 0 Å². The van der Waals surface area contributed by atoms with Gasteiger partial charge in [0, 0.05) is 23.7 Å². The highest BCUT2D eigenvalue weighted by Crippen LogP contribution is 2.39. The van der Waals surface area contributed by atoms with Crippen molar-refractivity contribution >= 4 is 11.6 Å². The molecule has 0 aliphatic heterocycles. The van der Waals surface area contributed by atoms with Gasteiger partial charge in [-0.25, -0.2) is 0 Å². The minimum atomic E-state index is 0.495. The van der Waals surface area contributed by atoms with Crippen LogP contribution in [-0.2, 0) is 6.54 Å². The highest BCUT2D eigenvalue weighted by Gasteiger charge is 2.31. The van der Waals surface area contributed by atoms with Gasteiger partial charge in [-0.15, -0.1) is 0 Å². The molecular formula is C14H20ClNO. The molecule has 0 bridgehead atoms. The Balaban J connectivity index is 1.94. The van der Waals surface area contributed by atoms with E-state index < -0.39 is 0 Å². The van der Waals surface area contributed by atoms with Crippen molar-refractivity contribution in [3.8, 4) is 5.75 Å². The quantitative estimate of drug-likeness (QED) is 0.865. The predicted octanol–water partition coefficient (Wildman–Crippen LogP) is 3.63. The molecule has 1 N–H and O–H groups in total. The molecule has 2 nitrogen and oxygen atoms in total. The molecule has 1 aliphatic rings. The molecule has 0 aromatic heterocycles. The monoisotopic (exact) mass is 253 g/mol. The van der Waals surface area contributed by atoms with E-state index in [-0.39, 0.29) is 0 Å². The largest absolute Gasteiger partial charge is 0.496 e. The van der Waals surface area contributed by atoms with Crippen molar-refractivity contribution in [3.05, 3.63) is 28.8 Å². The number of hydrogen-bond donors (Lipinski definition) is 1. The van der Waals surface area contributed by atoms with Gasteiger partial charge in [-0.2, -0.15) is 0 Å². The number of halogens is 1. The maximum Gasteiger partial charge on any atom is 0.124 e. The molecule has 0 radical (unpaired) electrons. The summed E-state index contributed by atoms with van der Waals surface area (Å²) in [5.41, 5.74) is 1.55. The van der Waals surface area contributed by atoms with E-state index in [0.29, 0.717) is 5.41 Å². The lowest BCUT2D eigenvalue weighted by Gasteiger charge is -2.38. The summed E-state index contributed by atoms with van der Waals surface area (Å²) < 4.78 is 5.32. The molecule has 1 aromatic rings. The van der Waals surface area contributed by atoms with Gasteiger partial charge in [0.25, 0.3) is 0 Å². The van der Waals surface area contributed by atoms with Crippen molar-refractivity contribution in [2.75, 3.05) is 13.7 Å². The van der Waals surface area contributed by atoms with E-state index in [1.807, 2.05) is 18.2 Å². The standard InChI is InChI=1S/C14H20ClNO/c1-14(7-4-8-14)10-16-9-11-12(15)5-3-6-13(11)17-2/h3,5-6,16H,4,7-10H2,1-2H3. The van der Waals surface area contributed by atoms with E-state index in [2.05, 4.69) is 12.2 Å². The van der Waals surface area contributed by atoms with E-state index in [1.54, 1.807) is 7.11 Å². The second-order valence-electron chi connectivity index (χ2n) is 5.19. The average Bonchev–Trinajstić information content (AvgIpc) is 2.29. The number of ether oxygens (including phenoxy) is 1. The Morgan fingerprint density at radius 3 is 2.76 bits per heavy atom. The summed E-state index contributed by atoms with van der Waals surface area (Å²) >= 11 is 6.19. The molecule has 0 amide bonds. The fourth-order valence-electron chi connectivity index (χ4n) is 2.35. The first-order valence-electron chi connectivity index (χ1n) is 6.17. The third kappa shape index (κ3) is 2.93. The molecule has 0 spiro atoms. The first kappa shape index (κ1) is 12.7. The van der Waals surface area contributed by atoms with E-state index in [4.69, 9.17) is 16.3 Å². The second-order valence-corrected chi connectivity index (χ2v) is 5.60. The van der Waals surface area contributed by atoms with E-state index in [9.17, 15) is 0 Å². The lowest BCUT2D eigenvalue weighted by Crippen LogP contribution is -2.37. The zero-order valence-corrected chi connectivity index (χ0v) is 11.3. The first-order chi connectivity index (χ1) is 8.14. The molecule has 0 atom stereocenters. The Hall–Kier alpha value is -0.730. The summed E-state index contributed by atoms with van der Waals surface area (Å²) in [6.45, 7) is 4.17. The van der Waals surface area contributed by atoms with Crippen molar-refractivity contribution < 1.29 is 4.74 Å². The molecule has 1 aliphatic carbocycles. The molecule has 1 fully saturated rings. The van der Waals surface area contributed by atoms with E-state index in [0.717, 1.165) is 29.4 Å². The van der Waals surface area contributed by atoms with Crippen molar-refractivity contribution in [3.63, 3.8) is 0 Å². The highest BCUT2D eigenvalue weighted by atomic mass is 35.5. The summed E-state index contributed by atoms with van der Waals surface area (Å²) in [5.74, 6) is 0.865. The molecule has 94 valence electrons. The van der Waals surface area contributed by atoms with Crippen LogP contribution in [0, 0.1) is 5.41 Å². The van der Waals surface area contributed by atoms with Crippen LogP contribution in [0.2, 0.25) is 5.02 Å². The molecule has 17 heavy (non-hydrogen) atoms. The van der Waals surface area contributed by atoms with Gasteiger partial charge in [-0.05, 0) is 30.4 Å². The molecule has 0 heterocycles. The molecule has 1 saturated carbocycles. The van der Waals surface area contributed by atoms with E-state index in [1.165, 1.54) is 19.3 Å². The van der Waals surface area contributed by atoms with Gasteiger partial charge in [-0.1, -0.05) is 31.0 Å². The molecule has 0 saturated heterocycles. The molecule has 2 rings (SSSR count). The molecular weight excluding hydrogens is 234 g/mol. The van der Waals surface area contributed by atoms with Crippen LogP contribution in [0.3, 0.4) is 0 Å². The van der Waals surface area contributed by atoms with Crippen LogP contribution >= 0.6 is 11.6 Å². The lowest BCUT2D eigenvalue weighted by molar-refractivity contribution is 0.156. The normalized spacial score (nSPS) is 17.6. The predicted molar refractivity (Wildman–Crippen MR) is 71.7 cm³/mol. The number of nitrogens with one attached hydrogen (secondary N) is 1. The maximum absolute atomic E-state index is 6.19. The number of methoxy groups -OCH3 is 1. The number of hydrogen-bond acceptors (Lipinski definition) is 2. The average molecular weight is 254 g/mol. The Bertz CT molecular complexity index is 388. The highest BCUT2D eigenvalue weighted by molar-refractivity contribution is 6.31. The van der Waals surface area contributed by atoms with Gasteiger partial charge < -0.3 is 10.1 Å². The Morgan fingerprint density at radius 2 is 2.18 bits per heavy atom. The third-order valence-corrected chi connectivity index (χ3v) is 4.06. The number of benzene rings is 1. The zero-order chi connectivity index (χ0) is 12.3. The second kappa shape index (κ2) is 5.28. The van der Waals surface area contributed by atoms with Gasteiger partial charge in [0.05, 0.1) is 7.11 Å². The van der Waals surface area contributed by atoms with Crippen LogP contribution in [0.1, 0.15) is 31.7 Å². The van der Waals surface area contributed by atoms with Gasteiger partial charge in [0.2, 0.25) is 0 Å². The zero-order valence-electron chi connectivity index (χ0n) is 10.6. The van der Waals surface area contributed by atoms with Crippen molar-refractivity contribution in [1.29, 1.82) is 0 Å². The summed E-state index contributed by atoms with van der Waals surface area (Å²) in [6.07, 6.45) is 4.03. The van der Waals surface area contributed by atoms with Gasteiger partial charge in [-0.3, -0.25) is 0 Å². The smallest absolute Gasteiger partial charge is 0.124 e. The minimum absolute atomic E-state index is 0.495. The molecule has 3 heteroatoms. The SMILES string of the molecule is COc1cccc(Cl)c1CNCC1(C)CCC1. The van der Waals surface area contributed by atoms with Crippen LogP contribution in [0.15, 0.2) is 18.2 Å². The molecule has 0 unspecified atom stereocenters. The Labute approximate surface area is 108 Å². The summed E-state index contributed by atoms with van der Waals surface area (Å²) in [6, 6.07) is 5.78. The van der Waals surface area contributed by atoms with Gasteiger partial charge >= 0.3 is 0 Å². The van der Waals surface area contributed by atoms with Crippen LogP contribution < -0.4 is 10.1 Å². The third-order valence-electron chi connectivity index (χ3n) is 3.71. The Morgan fingerprint density at radius 1 is 1.41 bits per heavy atom. The van der Waals surface area contributed by atoms with Crippen molar-refractivity contribution in [2.24, 2.45) is 5.41 Å². The van der Waals surface area contributed by atoms with Gasteiger partial charge in [0.1, 0.15) is 5.75 Å². The van der Waals surface area contributed by atoms with Crippen LogP contribution in [0.5, 0.6) is 5.75 Å². The fourth-order valence-corrected chi connectivity index (χ4v) is 2.58. The van der Waals surface area contributed by atoms with Crippen LogP contribution in [-0.4, -0.2) is 13.7 Å². The summed E-state index contributed by atoms with van der Waals surface area (Å²) in [7, 11) is 1.68. The van der Waals surface area contributed by atoms with Gasteiger partial charge in [0.15, 0.2) is 0 Å². The molecule has 1 aromatic carbocycles. The number of rotatable bonds is 5. The summed E-state index contributed by atoms with van der Waals surface area (Å²) in [5, 5.41) is 4.27. The minimum Gasteiger partial charge on any atom is -0.496 e. The van der Waals surface area contributed by atoms with Crippen molar-refractivity contribution in [1.82, 2.24) is 5.32 Å². The van der Waals surface area contributed by atoms with Crippen LogP contribution in [0.4, 0.5) is 0 Å². The fraction of sp³-hybridized carbons (Fsp3) is 0.571. The Kier molecular flexibility index (Phi) is 3.95. The lowest BCUT2D eigenvalue weighted by atomic mass is 9.70. The topological polar surface area (TPSA) is 21.3 Å². The first-order valence-corrected chi connectivity index (χ1v) is 6.54. The summed E-state index contributed by atoms with van der Waals surface area (Å²) in [4.78, 5) is 0. The van der Waals surface area contributed by atoms with Crippen molar-refractivity contribution in [2.45, 2.75) is 32.7 Å². The van der Waals surface area contributed by atoms with E-state index >= 15 is 0 Å².